The van der Waals surface area contributed by atoms with E-state index in [9.17, 15) is 4.79 Å². The Morgan fingerprint density at radius 3 is 2.38 bits per heavy atom. The van der Waals surface area contributed by atoms with E-state index in [2.05, 4.69) is 12.2 Å². The number of amides is 1. The van der Waals surface area contributed by atoms with Gasteiger partial charge in [0.15, 0.2) is 11.5 Å². The minimum absolute atomic E-state index is 0.203. The third-order valence-corrected chi connectivity index (χ3v) is 5.65. The van der Waals surface area contributed by atoms with Gasteiger partial charge in [-0.25, -0.2) is 0 Å². The molecule has 3 aromatic carbocycles. The highest BCUT2D eigenvalue weighted by Crippen LogP contribution is 2.31. The number of ether oxygens (including phenoxy) is 3. The predicted molar refractivity (Wildman–Crippen MR) is 138 cm³/mol. The normalized spacial score (nSPS) is 10.8. The van der Waals surface area contributed by atoms with Gasteiger partial charge in [0, 0.05) is 27.4 Å². The minimum Gasteiger partial charge on any atom is -0.494 e. The summed E-state index contributed by atoms with van der Waals surface area (Å²) in [7, 11) is 1.56. The number of nitrogens with one attached hydrogen (secondary N) is 1. The van der Waals surface area contributed by atoms with Gasteiger partial charge in [-0.2, -0.15) is 0 Å². The van der Waals surface area contributed by atoms with Crippen LogP contribution in [0, 0.1) is 0 Å². The molecule has 1 amide bonds. The van der Waals surface area contributed by atoms with Crippen molar-refractivity contribution in [3.8, 4) is 17.2 Å². The van der Waals surface area contributed by atoms with Gasteiger partial charge in [0.2, 0.25) is 5.91 Å². The van der Waals surface area contributed by atoms with E-state index in [4.69, 9.17) is 37.4 Å². The van der Waals surface area contributed by atoms with E-state index in [-0.39, 0.29) is 12.5 Å². The Labute approximate surface area is 210 Å². The molecule has 3 rings (SSSR count). The number of unbranched alkanes of at least 4 members (excludes halogenated alkanes) is 1. The number of anilines is 1. The molecule has 7 heteroatoms. The van der Waals surface area contributed by atoms with Gasteiger partial charge < -0.3 is 19.5 Å². The molecule has 5 nitrogen and oxygen atoms in total. The molecular weight excluding hydrogens is 473 g/mol. The molecule has 0 heterocycles. The van der Waals surface area contributed by atoms with Crippen LogP contribution in [0.15, 0.2) is 66.7 Å². The van der Waals surface area contributed by atoms with Gasteiger partial charge >= 0.3 is 0 Å². The van der Waals surface area contributed by atoms with Crippen LogP contribution in [0.5, 0.6) is 17.2 Å². The van der Waals surface area contributed by atoms with E-state index in [1.807, 2.05) is 30.3 Å². The number of methoxy groups -OCH3 is 1. The fourth-order valence-electron chi connectivity index (χ4n) is 3.05. The molecule has 34 heavy (non-hydrogen) atoms. The Bertz CT molecular complexity index is 1110. The van der Waals surface area contributed by atoms with Crippen LogP contribution >= 0.6 is 23.2 Å². The van der Waals surface area contributed by atoms with E-state index in [1.54, 1.807) is 43.5 Å². The molecular formula is C27H27Cl2NO4. The second-order valence-electron chi connectivity index (χ2n) is 7.45. The van der Waals surface area contributed by atoms with Crippen molar-refractivity contribution in [3.63, 3.8) is 0 Å². The summed E-state index contributed by atoms with van der Waals surface area (Å²) in [6.45, 7) is 3.01. The molecule has 0 saturated carbocycles. The average Bonchev–Trinajstić information content (AvgIpc) is 2.84. The van der Waals surface area contributed by atoms with Gasteiger partial charge in [0.25, 0.3) is 0 Å². The highest BCUT2D eigenvalue weighted by molar-refractivity contribution is 6.35. The molecule has 3 aromatic rings. The quantitative estimate of drug-likeness (QED) is 0.220. The highest BCUT2D eigenvalue weighted by atomic mass is 35.5. The third-order valence-electron chi connectivity index (χ3n) is 4.94. The molecule has 0 fully saturated rings. The van der Waals surface area contributed by atoms with E-state index in [1.165, 1.54) is 6.08 Å². The van der Waals surface area contributed by atoms with E-state index >= 15 is 0 Å². The van der Waals surface area contributed by atoms with Gasteiger partial charge in [0.1, 0.15) is 12.4 Å². The Hall–Kier alpha value is -3.15. The van der Waals surface area contributed by atoms with Crippen molar-refractivity contribution in [3.05, 3.63) is 87.9 Å². The molecule has 0 radical (unpaired) electrons. The first-order valence-electron chi connectivity index (χ1n) is 11.0. The number of hydrogen-bond donors (Lipinski definition) is 1. The molecule has 0 aliphatic rings. The first kappa shape index (κ1) is 25.5. The van der Waals surface area contributed by atoms with Crippen molar-refractivity contribution in [2.45, 2.75) is 26.4 Å². The number of halogens is 2. The molecule has 0 unspecified atom stereocenters. The van der Waals surface area contributed by atoms with E-state index < -0.39 is 0 Å². The van der Waals surface area contributed by atoms with Crippen molar-refractivity contribution in [2.24, 2.45) is 0 Å². The third kappa shape index (κ3) is 7.44. The molecule has 0 aliphatic carbocycles. The monoisotopic (exact) mass is 499 g/mol. The lowest BCUT2D eigenvalue weighted by molar-refractivity contribution is -0.111. The Morgan fingerprint density at radius 2 is 1.71 bits per heavy atom. The molecule has 178 valence electrons. The van der Waals surface area contributed by atoms with Crippen LogP contribution < -0.4 is 19.5 Å². The van der Waals surface area contributed by atoms with Gasteiger partial charge in [0.05, 0.1) is 13.7 Å². The van der Waals surface area contributed by atoms with Crippen LogP contribution in [0.2, 0.25) is 10.0 Å². The minimum atomic E-state index is -0.243. The van der Waals surface area contributed by atoms with Crippen molar-refractivity contribution in [1.82, 2.24) is 0 Å². The predicted octanol–water partition coefficient (Wildman–Crippen LogP) is 7.41. The van der Waals surface area contributed by atoms with Crippen molar-refractivity contribution in [1.29, 1.82) is 0 Å². The molecule has 0 bridgehead atoms. The van der Waals surface area contributed by atoms with Crippen LogP contribution in [0.4, 0.5) is 5.69 Å². The fraction of sp³-hybridized carbons (Fsp3) is 0.222. The highest BCUT2D eigenvalue weighted by Gasteiger charge is 2.10. The number of carbonyl (C=O) groups excluding carboxylic acids is 1. The molecule has 0 atom stereocenters. The lowest BCUT2D eigenvalue weighted by Gasteiger charge is -2.13. The molecule has 0 spiro atoms. The van der Waals surface area contributed by atoms with Crippen LogP contribution in [0.25, 0.3) is 6.08 Å². The topological polar surface area (TPSA) is 56.8 Å². The molecule has 0 aromatic heterocycles. The van der Waals surface area contributed by atoms with Crippen LogP contribution in [-0.2, 0) is 11.4 Å². The summed E-state index contributed by atoms with van der Waals surface area (Å²) in [5.74, 6) is 1.62. The Morgan fingerprint density at radius 1 is 0.971 bits per heavy atom. The lowest BCUT2D eigenvalue weighted by atomic mass is 10.2. The van der Waals surface area contributed by atoms with Gasteiger partial charge in [-0.15, -0.1) is 0 Å². The van der Waals surface area contributed by atoms with Crippen LogP contribution in [0.3, 0.4) is 0 Å². The smallest absolute Gasteiger partial charge is 0.248 e. The van der Waals surface area contributed by atoms with Crippen LogP contribution in [-0.4, -0.2) is 19.6 Å². The number of benzene rings is 3. The SMILES string of the molecule is CCCCOc1ccc(NC(=O)/C=C/c2ccc(OCc3c(Cl)cccc3Cl)c(OC)c2)cc1. The lowest BCUT2D eigenvalue weighted by Crippen LogP contribution is -2.07. The zero-order valence-electron chi connectivity index (χ0n) is 19.1. The number of carbonyl (C=O) groups is 1. The second kappa shape index (κ2) is 12.9. The Kier molecular flexibility index (Phi) is 9.68. The summed E-state index contributed by atoms with van der Waals surface area (Å²) in [6.07, 6.45) is 5.26. The second-order valence-corrected chi connectivity index (χ2v) is 8.26. The average molecular weight is 500 g/mol. The fourth-order valence-corrected chi connectivity index (χ4v) is 3.56. The first-order chi connectivity index (χ1) is 16.5. The molecule has 0 saturated heterocycles. The zero-order chi connectivity index (χ0) is 24.3. The maximum Gasteiger partial charge on any atom is 0.248 e. The number of rotatable bonds is 11. The van der Waals surface area contributed by atoms with Crippen LogP contribution in [0.1, 0.15) is 30.9 Å². The number of hydrogen-bond acceptors (Lipinski definition) is 4. The van der Waals surface area contributed by atoms with Gasteiger partial charge in [-0.05, 0) is 66.6 Å². The summed E-state index contributed by atoms with van der Waals surface area (Å²) in [5.41, 5.74) is 2.18. The van der Waals surface area contributed by atoms with Crippen molar-refractivity contribution < 1.29 is 19.0 Å². The Balaban J connectivity index is 1.58. The summed E-state index contributed by atoms with van der Waals surface area (Å²) in [6, 6.07) is 18.0. The maximum absolute atomic E-state index is 12.3. The first-order valence-corrected chi connectivity index (χ1v) is 11.7. The summed E-state index contributed by atoms with van der Waals surface area (Å²) >= 11 is 12.4. The van der Waals surface area contributed by atoms with Crippen molar-refractivity contribution >= 4 is 40.9 Å². The van der Waals surface area contributed by atoms with Crippen molar-refractivity contribution in [2.75, 3.05) is 19.0 Å². The standard InChI is InChI=1S/C27H27Cl2NO4/c1-3-4-16-33-21-12-10-20(11-13-21)30-27(31)15-9-19-8-14-25(26(17-19)32-2)34-18-22-23(28)6-5-7-24(22)29/h5-15,17H,3-4,16,18H2,1-2H3,(H,30,31)/b15-9+. The maximum atomic E-state index is 12.3. The van der Waals surface area contributed by atoms with Gasteiger partial charge in [-0.3, -0.25) is 4.79 Å². The van der Waals surface area contributed by atoms with E-state index in [0.717, 1.165) is 24.2 Å². The zero-order valence-corrected chi connectivity index (χ0v) is 20.7. The van der Waals surface area contributed by atoms with E-state index in [0.29, 0.717) is 39.4 Å². The summed E-state index contributed by atoms with van der Waals surface area (Å²) in [5, 5.41) is 3.91. The molecule has 0 aliphatic heterocycles. The largest absolute Gasteiger partial charge is 0.494 e. The van der Waals surface area contributed by atoms with Gasteiger partial charge in [-0.1, -0.05) is 48.7 Å². The summed E-state index contributed by atoms with van der Waals surface area (Å²) in [4.78, 5) is 12.3. The summed E-state index contributed by atoms with van der Waals surface area (Å²) < 4.78 is 17.0. The molecule has 1 N–H and O–H groups in total.